The zero-order valence-electron chi connectivity index (χ0n) is 12.0. The lowest BCUT2D eigenvalue weighted by atomic mass is 10.1. The second kappa shape index (κ2) is 5.64. The summed E-state index contributed by atoms with van der Waals surface area (Å²) >= 11 is 0. The van der Waals surface area contributed by atoms with Gasteiger partial charge >= 0.3 is 0 Å². The number of hydrogen-bond donors (Lipinski definition) is 2. The molecule has 0 radical (unpaired) electrons. The first-order valence-electron chi connectivity index (χ1n) is 6.31. The molecule has 0 atom stereocenters. The molecule has 116 valence electrons. The molecule has 7 nitrogen and oxygen atoms in total. The number of aryl methyl sites for hydroxylation is 2. The van der Waals surface area contributed by atoms with Crippen LogP contribution in [0.4, 0.5) is 0 Å². The molecule has 2 aromatic rings. The average Bonchev–Trinajstić information content (AvgIpc) is 2.84. The fourth-order valence-electron chi connectivity index (χ4n) is 1.96. The SMILES string of the molecule is Cc1ccc(S(=O)(=O)NC(=O)c2cccn2C)cc1C(N)=O. The third-order valence-electron chi connectivity index (χ3n) is 3.19. The fraction of sp³-hybridized carbons (Fsp3) is 0.143. The molecule has 0 aliphatic carbocycles. The lowest BCUT2D eigenvalue weighted by Crippen LogP contribution is -2.32. The van der Waals surface area contributed by atoms with Gasteiger partial charge in [0.2, 0.25) is 5.91 Å². The molecule has 0 unspecified atom stereocenters. The van der Waals surface area contributed by atoms with E-state index >= 15 is 0 Å². The molecular formula is C14H15N3O4S. The highest BCUT2D eigenvalue weighted by molar-refractivity contribution is 7.90. The molecule has 1 aromatic heterocycles. The summed E-state index contributed by atoms with van der Waals surface area (Å²) in [5.74, 6) is -1.49. The second-order valence-electron chi connectivity index (χ2n) is 4.78. The van der Waals surface area contributed by atoms with Gasteiger partial charge in [0.25, 0.3) is 15.9 Å². The number of benzene rings is 1. The van der Waals surface area contributed by atoms with Crippen LogP contribution in [0.15, 0.2) is 41.4 Å². The van der Waals surface area contributed by atoms with Crippen LogP contribution in [0.1, 0.15) is 26.4 Å². The van der Waals surface area contributed by atoms with Crippen LogP contribution < -0.4 is 10.5 Å². The first-order valence-corrected chi connectivity index (χ1v) is 7.79. The van der Waals surface area contributed by atoms with E-state index in [1.54, 1.807) is 26.2 Å². The van der Waals surface area contributed by atoms with Crippen molar-refractivity contribution in [1.29, 1.82) is 0 Å². The standard InChI is InChI=1S/C14H15N3O4S/c1-9-5-6-10(8-11(9)13(15)18)22(20,21)16-14(19)12-4-3-7-17(12)2/h3-8H,1-2H3,(H2,15,18)(H,16,19). The predicted octanol–water partition coefficient (Wildman–Crippen LogP) is 0.551. The number of rotatable bonds is 4. The summed E-state index contributed by atoms with van der Waals surface area (Å²) < 4.78 is 27.9. The summed E-state index contributed by atoms with van der Waals surface area (Å²) in [5, 5.41) is 0. The monoisotopic (exact) mass is 321 g/mol. The number of primary amides is 1. The third-order valence-corrected chi connectivity index (χ3v) is 4.52. The highest BCUT2D eigenvalue weighted by atomic mass is 32.2. The Hall–Kier alpha value is -2.61. The van der Waals surface area contributed by atoms with Crippen molar-refractivity contribution < 1.29 is 18.0 Å². The van der Waals surface area contributed by atoms with E-state index < -0.39 is 21.8 Å². The highest BCUT2D eigenvalue weighted by Gasteiger charge is 2.21. The molecule has 0 spiro atoms. The summed E-state index contributed by atoms with van der Waals surface area (Å²) in [7, 11) is -2.47. The van der Waals surface area contributed by atoms with Gasteiger partial charge in [0.15, 0.2) is 0 Å². The molecule has 1 heterocycles. The maximum atomic E-state index is 12.2. The van der Waals surface area contributed by atoms with E-state index in [9.17, 15) is 18.0 Å². The number of nitrogens with zero attached hydrogens (tertiary/aromatic N) is 1. The Morgan fingerprint density at radius 3 is 2.45 bits per heavy atom. The molecule has 8 heteroatoms. The number of carbonyl (C=O) groups excluding carboxylic acids is 2. The van der Waals surface area contributed by atoms with Gasteiger partial charge in [0, 0.05) is 18.8 Å². The number of aromatic nitrogens is 1. The predicted molar refractivity (Wildman–Crippen MR) is 79.8 cm³/mol. The van der Waals surface area contributed by atoms with Gasteiger partial charge in [0.05, 0.1) is 4.90 Å². The fourth-order valence-corrected chi connectivity index (χ4v) is 2.95. The van der Waals surface area contributed by atoms with Crippen molar-refractivity contribution in [3.05, 3.63) is 53.3 Å². The summed E-state index contributed by atoms with van der Waals surface area (Å²) in [5.41, 5.74) is 6.05. The zero-order chi connectivity index (χ0) is 16.5. The minimum Gasteiger partial charge on any atom is -0.366 e. The van der Waals surface area contributed by atoms with Crippen molar-refractivity contribution in [2.24, 2.45) is 12.8 Å². The number of amides is 2. The Morgan fingerprint density at radius 2 is 1.91 bits per heavy atom. The van der Waals surface area contributed by atoms with Crippen molar-refractivity contribution >= 4 is 21.8 Å². The molecule has 0 fully saturated rings. The van der Waals surface area contributed by atoms with Gasteiger partial charge in [-0.25, -0.2) is 13.1 Å². The van der Waals surface area contributed by atoms with Crippen molar-refractivity contribution in [2.45, 2.75) is 11.8 Å². The highest BCUT2D eigenvalue weighted by Crippen LogP contribution is 2.15. The van der Waals surface area contributed by atoms with Gasteiger partial charge in [-0.05, 0) is 36.8 Å². The number of sulfonamides is 1. The minimum atomic E-state index is -4.10. The zero-order valence-corrected chi connectivity index (χ0v) is 12.8. The molecule has 0 aliphatic rings. The molecular weight excluding hydrogens is 306 g/mol. The van der Waals surface area contributed by atoms with Crippen molar-refractivity contribution in [3.63, 3.8) is 0 Å². The maximum Gasteiger partial charge on any atom is 0.281 e. The van der Waals surface area contributed by atoms with E-state index in [0.29, 0.717) is 5.56 Å². The lowest BCUT2D eigenvalue weighted by Gasteiger charge is -2.09. The Labute approximate surface area is 127 Å². The van der Waals surface area contributed by atoms with Crippen LogP contribution in [0.25, 0.3) is 0 Å². The number of hydrogen-bond acceptors (Lipinski definition) is 4. The Balaban J connectivity index is 2.35. The van der Waals surface area contributed by atoms with Gasteiger partial charge in [0.1, 0.15) is 5.69 Å². The summed E-state index contributed by atoms with van der Waals surface area (Å²) in [4.78, 5) is 23.1. The minimum absolute atomic E-state index is 0.0918. The molecule has 0 bridgehead atoms. The second-order valence-corrected chi connectivity index (χ2v) is 6.46. The smallest absolute Gasteiger partial charge is 0.281 e. The Bertz CT molecular complexity index is 853. The molecule has 1 aromatic carbocycles. The molecule has 2 rings (SSSR count). The lowest BCUT2D eigenvalue weighted by molar-refractivity contribution is 0.0971. The number of carbonyl (C=O) groups is 2. The van der Waals surface area contributed by atoms with E-state index in [0.717, 1.165) is 6.07 Å². The van der Waals surface area contributed by atoms with Crippen molar-refractivity contribution in [1.82, 2.24) is 9.29 Å². The van der Waals surface area contributed by atoms with Crippen LogP contribution in [-0.4, -0.2) is 24.8 Å². The van der Waals surface area contributed by atoms with E-state index in [1.165, 1.54) is 22.8 Å². The average molecular weight is 321 g/mol. The van der Waals surface area contributed by atoms with E-state index in [1.807, 2.05) is 4.72 Å². The first-order chi connectivity index (χ1) is 10.2. The van der Waals surface area contributed by atoms with Gasteiger partial charge in [-0.3, -0.25) is 9.59 Å². The van der Waals surface area contributed by atoms with Crippen LogP contribution in [0.3, 0.4) is 0 Å². The van der Waals surface area contributed by atoms with E-state index in [4.69, 9.17) is 5.73 Å². The van der Waals surface area contributed by atoms with Crippen LogP contribution in [-0.2, 0) is 17.1 Å². The molecule has 22 heavy (non-hydrogen) atoms. The maximum absolute atomic E-state index is 12.2. The van der Waals surface area contributed by atoms with Gasteiger partial charge in [-0.15, -0.1) is 0 Å². The van der Waals surface area contributed by atoms with E-state index in [-0.39, 0.29) is 16.2 Å². The number of nitrogens with two attached hydrogens (primary N) is 1. The van der Waals surface area contributed by atoms with Crippen molar-refractivity contribution in [2.75, 3.05) is 0 Å². The van der Waals surface area contributed by atoms with Gasteiger partial charge in [-0.2, -0.15) is 0 Å². The normalized spacial score (nSPS) is 11.2. The third kappa shape index (κ3) is 3.01. The van der Waals surface area contributed by atoms with Crippen LogP contribution in [0.2, 0.25) is 0 Å². The molecule has 0 saturated carbocycles. The van der Waals surface area contributed by atoms with Crippen LogP contribution >= 0.6 is 0 Å². The van der Waals surface area contributed by atoms with Crippen molar-refractivity contribution in [3.8, 4) is 0 Å². The molecule has 0 aliphatic heterocycles. The first kappa shape index (κ1) is 15.8. The molecule has 0 saturated heterocycles. The summed E-state index contributed by atoms with van der Waals surface area (Å²) in [6.07, 6.45) is 1.62. The van der Waals surface area contributed by atoms with Gasteiger partial charge < -0.3 is 10.3 Å². The van der Waals surface area contributed by atoms with Gasteiger partial charge in [-0.1, -0.05) is 6.07 Å². The Morgan fingerprint density at radius 1 is 1.23 bits per heavy atom. The summed E-state index contributed by atoms with van der Waals surface area (Å²) in [6, 6.07) is 7.04. The molecule has 3 N–H and O–H groups in total. The van der Waals surface area contributed by atoms with Crippen LogP contribution in [0.5, 0.6) is 0 Å². The van der Waals surface area contributed by atoms with Crippen LogP contribution in [0, 0.1) is 6.92 Å². The summed E-state index contributed by atoms with van der Waals surface area (Å²) in [6.45, 7) is 1.64. The van der Waals surface area contributed by atoms with E-state index in [2.05, 4.69) is 0 Å². The Kier molecular flexibility index (Phi) is 4.05. The topological polar surface area (TPSA) is 111 Å². The largest absolute Gasteiger partial charge is 0.366 e. The number of nitrogens with one attached hydrogen (secondary N) is 1. The quantitative estimate of drug-likeness (QED) is 0.856. The molecule has 2 amide bonds.